The van der Waals surface area contributed by atoms with E-state index in [1.807, 2.05) is 73.8 Å². The molecule has 21 heavy (non-hydrogen) atoms. The van der Waals surface area contributed by atoms with Gasteiger partial charge in [0, 0.05) is 5.54 Å². The van der Waals surface area contributed by atoms with Crippen LogP contribution < -0.4 is 0 Å². The molecule has 0 aliphatic heterocycles. The van der Waals surface area contributed by atoms with Gasteiger partial charge in [-0.15, -0.1) is 0 Å². The average molecular weight is 322 g/mol. The fraction of sp³-hybridized carbons (Fsp3) is 0.200. The predicted octanol–water partition coefficient (Wildman–Crippen LogP) is 3.67. The lowest BCUT2D eigenvalue weighted by Gasteiger charge is -2.32. The summed E-state index contributed by atoms with van der Waals surface area (Å²) in [4.78, 5) is 18.4. The molecule has 0 atom stereocenters. The van der Waals surface area contributed by atoms with Crippen molar-refractivity contribution in [2.45, 2.75) is 18.6 Å². The van der Waals surface area contributed by atoms with Crippen LogP contribution in [-0.2, 0) is 8.78 Å². The zero-order valence-electron chi connectivity index (χ0n) is 12.0. The minimum absolute atomic E-state index is 0.146. The van der Waals surface area contributed by atoms with Crippen molar-refractivity contribution in [1.29, 1.82) is 0 Å². The molecule has 0 saturated heterocycles. The topological polar surface area (TPSA) is 66.8 Å². The first-order valence-electron chi connectivity index (χ1n) is 6.66. The zero-order valence-corrected chi connectivity index (χ0v) is 13.9. The van der Waals surface area contributed by atoms with E-state index in [1.54, 1.807) is 0 Å². The summed E-state index contributed by atoms with van der Waals surface area (Å²) in [5.41, 5.74) is 1.87. The van der Waals surface area contributed by atoms with E-state index in [0.29, 0.717) is 0 Å². The van der Waals surface area contributed by atoms with Gasteiger partial charge in [-0.3, -0.25) is 0 Å². The summed E-state index contributed by atoms with van der Waals surface area (Å²) >= 11 is 0. The van der Waals surface area contributed by atoms with Gasteiger partial charge in [0.2, 0.25) is 8.32 Å². The molecule has 0 aromatic heterocycles. The van der Waals surface area contributed by atoms with Gasteiger partial charge in [0.25, 0.3) is 0 Å². The molecule has 0 amide bonds. The lowest BCUT2D eigenvalue weighted by atomic mass is 10.0. The highest BCUT2D eigenvalue weighted by atomic mass is 31.2. The number of rotatable bonds is 5. The highest BCUT2D eigenvalue weighted by molar-refractivity contribution is 7.48. The second kappa shape index (κ2) is 6.26. The van der Waals surface area contributed by atoms with E-state index in [1.165, 1.54) is 0 Å². The van der Waals surface area contributed by atoms with Gasteiger partial charge >= 0.3 is 7.82 Å². The Morgan fingerprint density at radius 1 is 0.905 bits per heavy atom. The smallest absolute Gasteiger partial charge is 0.329 e. The quantitative estimate of drug-likeness (QED) is 0.651. The van der Waals surface area contributed by atoms with Gasteiger partial charge in [-0.05, 0) is 24.2 Å². The molecule has 2 N–H and O–H groups in total. The van der Waals surface area contributed by atoms with Crippen LogP contribution in [0.5, 0.6) is 0 Å². The van der Waals surface area contributed by atoms with E-state index in [2.05, 4.69) is 0 Å². The average Bonchev–Trinajstić information content (AvgIpc) is 2.38. The first kappa shape index (κ1) is 16.1. The molecule has 0 aliphatic rings. The van der Waals surface area contributed by atoms with Gasteiger partial charge in [-0.1, -0.05) is 60.7 Å². The lowest BCUT2D eigenvalue weighted by molar-refractivity contribution is 0.278. The van der Waals surface area contributed by atoms with E-state index in [4.69, 9.17) is 4.21 Å². The summed E-state index contributed by atoms with van der Waals surface area (Å²) in [7, 11) is -7.23. The van der Waals surface area contributed by atoms with Crippen molar-refractivity contribution in [3.63, 3.8) is 0 Å². The van der Waals surface area contributed by atoms with Crippen LogP contribution in [0.3, 0.4) is 0 Å². The first-order chi connectivity index (χ1) is 9.80. The molecule has 0 aliphatic carbocycles. The van der Waals surface area contributed by atoms with Crippen LogP contribution in [0, 0.1) is 0 Å². The minimum atomic E-state index is -4.52. The van der Waals surface area contributed by atoms with Crippen molar-refractivity contribution in [3.8, 4) is 0 Å². The maximum atomic E-state index is 11.3. The fourth-order valence-corrected chi connectivity index (χ4v) is 7.51. The molecule has 0 bridgehead atoms. The molecule has 2 rings (SSSR count). The SMILES string of the molecule is C[Si](C)(OP(=O)(O)O)C(c1ccccc1)c1ccccc1. The van der Waals surface area contributed by atoms with Crippen molar-refractivity contribution in [2.24, 2.45) is 0 Å². The Hall–Kier alpha value is -1.23. The molecule has 0 unspecified atom stereocenters. The zero-order chi connectivity index (χ0) is 15.5. The van der Waals surface area contributed by atoms with Crippen LogP contribution in [0.25, 0.3) is 0 Å². The van der Waals surface area contributed by atoms with Gasteiger partial charge in [-0.25, -0.2) is 4.57 Å². The first-order valence-corrected chi connectivity index (χ1v) is 11.2. The number of phosphoric acid groups is 1. The van der Waals surface area contributed by atoms with Gasteiger partial charge in [0.1, 0.15) is 0 Å². The summed E-state index contributed by atoms with van der Waals surface area (Å²) in [5.74, 6) is 0. The Morgan fingerprint density at radius 3 is 1.62 bits per heavy atom. The van der Waals surface area contributed by atoms with Crippen molar-refractivity contribution in [1.82, 2.24) is 0 Å². The summed E-state index contributed by atoms with van der Waals surface area (Å²) in [6, 6.07) is 19.4. The highest BCUT2D eigenvalue weighted by Gasteiger charge is 2.41. The van der Waals surface area contributed by atoms with Crippen molar-refractivity contribution in [3.05, 3.63) is 71.8 Å². The normalized spacial score (nSPS) is 12.6. The second-order valence-corrected chi connectivity index (χ2v) is 10.9. The molecule has 6 heteroatoms. The maximum absolute atomic E-state index is 11.3. The highest BCUT2D eigenvalue weighted by Crippen LogP contribution is 2.46. The third-order valence-electron chi connectivity index (χ3n) is 3.32. The fourth-order valence-electron chi connectivity index (χ4n) is 2.65. The van der Waals surface area contributed by atoms with E-state index in [0.717, 1.165) is 11.1 Å². The molecule has 2 aromatic carbocycles. The van der Waals surface area contributed by atoms with E-state index in [9.17, 15) is 14.4 Å². The molecule has 0 fully saturated rings. The lowest BCUT2D eigenvalue weighted by Crippen LogP contribution is -2.38. The Labute approximate surface area is 125 Å². The van der Waals surface area contributed by atoms with E-state index < -0.39 is 16.1 Å². The summed E-state index contributed by atoms with van der Waals surface area (Å²) in [6.07, 6.45) is 0. The van der Waals surface area contributed by atoms with Gasteiger partial charge in [0.05, 0.1) is 0 Å². The molecule has 4 nitrogen and oxygen atoms in total. The van der Waals surface area contributed by atoms with Crippen molar-refractivity contribution < 1.29 is 18.6 Å². The maximum Gasteiger partial charge on any atom is 0.459 e. The third-order valence-corrected chi connectivity index (χ3v) is 8.21. The molecule has 0 radical (unpaired) electrons. The number of benzene rings is 2. The third kappa shape index (κ3) is 4.36. The summed E-state index contributed by atoms with van der Waals surface area (Å²) in [6.45, 7) is 3.66. The molecule has 0 heterocycles. The summed E-state index contributed by atoms with van der Waals surface area (Å²) < 4.78 is 16.5. The largest absolute Gasteiger partial charge is 0.459 e. The van der Waals surface area contributed by atoms with Crippen molar-refractivity contribution >= 4 is 16.1 Å². The Morgan fingerprint density at radius 2 is 1.29 bits per heavy atom. The van der Waals surface area contributed by atoms with Crippen LogP contribution >= 0.6 is 7.82 Å². The molecular weight excluding hydrogens is 303 g/mol. The number of hydrogen-bond acceptors (Lipinski definition) is 2. The van der Waals surface area contributed by atoms with Crippen LogP contribution in [-0.4, -0.2) is 18.1 Å². The molecule has 0 saturated carbocycles. The van der Waals surface area contributed by atoms with Gasteiger partial charge in [0.15, 0.2) is 0 Å². The van der Waals surface area contributed by atoms with E-state index in [-0.39, 0.29) is 5.54 Å². The summed E-state index contributed by atoms with van der Waals surface area (Å²) in [5, 5.41) is 0. The van der Waals surface area contributed by atoms with Gasteiger partial charge in [-0.2, -0.15) is 0 Å². The Kier molecular flexibility index (Phi) is 4.81. The monoisotopic (exact) mass is 322 g/mol. The number of hydrogen-bond donors (Lipinski definition) is 2. The molecule has 112 valence electrons. The van der Waals surface area contributed by atoms with Crippen LogP contribution in [0.2, 0.25) is 13.1 Å². The molecular formula is C15H19O4PSi. The van der Waals surface area contributed by atoms with Crippen LogP contribution in [0.15, 0.2) is 60.7 Å². The van der Waals surface area contributed by atoms with Crippen LogP contribution in [0.1, 0.15) is 16.7 Å². The van der Waals surface area contributed by atoms with Crippen LogP contribution in [0.4, 0.5) is 0 Å². The predicted molar refractivity (Wildman–Crippen MR) is 85.3 cm³/mol. The van der Waals surface area contributed by atoms with Gasteiger partial charge < -0.3 is 14.0 Å². The Bertz CT molecular complexity index is 585. The minimum Gasteiger partial charge on any atom is -0.329 e. The standard InChI is InChI=1S/C15H19O4PSi/c1-21(2,19-20(16,17)18)15(13-9-5-3-6-10-13)14-11-7-4-8-12-14/h3-12,15H,1-2H3,(H2,16,17,18). The van der Waals surface area contributed by atoms with Crippen molar-refractivity contribution in [2.75, 3.05) is 0 Å². The van der Waals surface area contributed by atoms with E-state index >= 15 is 0 Å². The molecule has 2 aromatic rings. The second-order valence-electron chi connectivity index (χ2n) is 5.44. The Balaban J connectivity index is 2.49. The molecule has 0 spiro atoms.